The highest BCUT2D eigenvalue weighted by Gasteiger charge is 2.65. The number of nitrogens with one attached hydrogen (secondary N) is 1. The molecular formula is C32H38N2O7. The van der Waals surface area contributed by atoms with Crippen LogP contribution in [0.2, 0.25) is 0 Å². The lowest BCUT2D eigenvalue weighted by atomic mass is 9.62. The first-order valence-electron chi connectivity index (χ1n) is 13.7. The van der Waals surface area contributed by atoms with Crippen LogP contribution in [0.25, 0.3) is 0 Å². The quantitative estimate of drug-likeness (QED) is 0.288. The SMILES string of the molecule is Cc1ccc2c(c1)[C@@]1(C(=O)N2C(=O)OC(C)(C)C)[C@H](NC(=O)OCc2ccccc2)C=CC[C@H]1C(=O)OC(C)(C)C. The summed E-state index contributed by atoms with van der Waals surface area (Å²) in [6.07, 6.45) is 1.93. The number of ether oxygens (including phenoxy) is 3. The summed E-state index contributed by atoms with van der Waals surface area (Å²) in [6, 6.07) is 13.4. The van der Waals surface area contributed by atoms with Crippen LogP contribution in [0.1, 0.15) is 64.7 Å². The van der Waals surface area contributed by atoms with Crippen molar-refractivity contribution in [3.05, 3.63) is 77.4 Å². The Balaban J connectivity index is 1.81. The van der Waals surface area contributed by atoms with E-state index in [1.807, 2.05) is 37.3 Å². The number of carbonyl (C=O) groups is 4. The Kier molecular flexibility index (Phi) is 8.02. The Morgan fingerprint density at radius 3 is 2.27 bits per heavy atom. The molecule has 3 atom stereocenters. The number of hydrogen-bond donors (Lipinski definition) is 1. The molecule has 0 fully saturated rings. The molecule has 1 heterocycles. The van der Waals surface area contributed by atoms with E-state index in [1.54, 1.807) is 71.9 Å². The molecule has 0 aromatic heterocycles. The van der Waals surface area contributed by atoms with Gasteiger partial charge in [-0.05, 0) is 72.1 Å². The fraction of sp³-hybridized carbons (Fsp3) is 0.438. The monoisotopic (exact) mass is 562 g/mol. The predicted molar refractivity (Wildman–Crippen MR) is 153 cm³/mol. The number of alkyl carbamates (subject to hydrolysis) is 1. The maximum Gasteiger partial charge on any atom is 0.421 e. The van der Waals surface area contributed by atoms with Gasteiger partial charge in [0.15, 0.2) is 0 Å². The van der Waals surface area contributed by atoms with E-state index in [9.17, 15) is 19.2 Å². The molecule has 41 heavy (non-hydrogen) atoms. The molecule has 0 bridgehead atoms. The Morgan fingerprint density at radius 2 is 1.63 bits per heavy atom. The van der Waals surface area contributed by atoms with Crippen LogP contribution in [-0.2, 0) is 35.8 Å². The Hall–Kier alpha value is -4.14. The van der Waals surface area contributed by atoms with Crippen molar-refractivity contribution in [1.29, 1.82) is 0 Å². The van der Waals surface area contributed by atoms with Crippen molar-refractivity contribution in [3.8, 4) is 0 Å². The summed E-state index contributed by atoms with van der Waals surface area (Å²) in [6.45, 7) is 12.2. The Bertz CT molecular complexity index is 1370. The second kappa shape index (κ2) is 11.0. The first kappa shape index (κ1) is 29.8. The van der Waals surface area contributed by atoms with Gasteiger partial charge in [0, 0.05) is 0 Å². The highest BCUT2D eigenvalue weighted by atomic mass is 16.6. The average Bonchev–Trinajstić information content (AvgIpc) is 3.10. The van der Waals surface area contributed by atoms with Crippen LogP contribution in [-0.4, -0.2) is 41.3 Å². The maximum atomic E-state index is 14.6. The first-order valence-corrected chi connectivity index (χ1v) is 13.7. The minimum Gasteiger partial charge on any atom is -0.460 e. The number of anilines is 1. The van der Waals surface area contributed by atoms with E-state index in [-0.39, 0.29) is 13.0 Å². The zero-order chi connectivity index (χ0) is 30.2. The molecule has 2 aromatic rings. The van der Waals surface area contributed by atoms with Crippen molar-refractivity contribution in [1.82, 2.24) is 5.32 Å². The van der Waals surface area contributed by atoms with Gasteiger partial charge in [-0.25, -0.2) is 14.5 Å². The van der Waals surface area contributed by atoms with Crippen LogP contribution in [0.15, 0.2) is 60.7 Å². The Morgan fingerprint density at radius 1 is 0.976 bits per heavy atom. The lowest BCUT2D eigenvalue weighted by Gasteiger charge is -2.43. The number of hydrogen-bond acceptors (Lipinski definition) is 7. The van der Waals surface area contributed by atoms with Gasteiger partial charge >= 0.3 is 18.2 Å². The summed E-state index contributed by atoms with van der Waals surface area (Å²) in [5.74, 6) is -2.34. The molecule has 1 N–H and O–H groups in total. The molecule has 2 aromatic carbocycles. The molecule has 218 valence electrons. The third kappa shape index (κ3) is 6.14. The van der Waals surface area contributed by atoms with Crippen molar-refractivity contribution in [2.45, 2.75) is 84.2 Å². The first-order chi connectivity index (χ1) is 19.1. The molecule has 1 aliphatic carbocycles. The third-order valence-corrected chi connectivity index (χ3v) is 6.89. The highest BCUT2D eigenvalue weighted by Crippen LogP contribution is 2.53. The van der Waals surface area contributed by atoms with Crippen LogP contribution >= 0.6 is 0 Å². The van der Waals surface area contributed by atoms with Crippen molar-refractivity contribution < 1.29 is 33.4 Å². The molecule has 9 heteroatoms. The van der Waals surface area contributed by atoms with Crippen LogP contribution in [0.5, 0.6) is 0 Å². The van der Waals surface area contributed by atoms with E-state index in [0.29, 0.717) is 11.3 Å². The lowest BCUT2D eigenvalue weighted by molar-refractivity contribution is -0.165. The number of allylic oxidation sites excluding steroid dienone is 1. The van der Waals surface area contributed by atoms with Gasteiger partial charge < -0.3 is 19.5 Å². The molecule has 1 spiro atoms. The fourth-order valence-electron chi connectivity index (χ4n) is 5.33. The largest absolute Gasteiger partial charge is 0.460 e. The van der Waals surface area contributed by atoms with Crippen LogP contribution in [0, 0.1) is 12.8 Å². The summed E-state index contributed by atoms with van der Waals surface area (Å²) in [7, 11) is 0. The summed E-state index contributed by atoms with van der Waals surface area (Å²) in [5.41, 5.74) is -1.08. The molecule has 0 saturated carbocycles. The minimum absolute atomic E-state index is 0.0132. The number of imide groups is 1. The number of nitrogens with zero attached hydrogens (tertiary/aromatic N) is 1. The normalized spacial score (nSPS) is 21.8. The van der Waals surface area contributed by atoms with Crippen LogP contribution in [0.3, 0.4) is 0 Å². The van der Waals surface area contributed by atoms with Crippen molar-refractivity contribution in [2.75, 3.05) is 4.90 Å². The summed E-state index contributed by atoms with van der Waals surface area (Å²) < 4.78 is 16.9. The predicted octanol–water partition coefficient (Wildman–Crippen LogP) is 5.73. The van der Waals surface area contributed by atoms with Crippen molar-refractivity contribution in [2.24, 2.45) is 5.92 Å². The molecule has 2 aliphatic rings. The molecule has 9 nitrogen and oxygen atoms in total. The number of fused-ring (bicyclic) bond motifs is 2. The maximum absolute atomic E-state index is 14.6. The van der Waals surface area contributed by atoms with E-state index in [1.165, 1.54) is 0 Å². The zero-order valence-corrected chi connectivity index (χ0v) is 24.6. The summed E-state index contributed by atoms with van der Waals surface area (Å²) in [4.78, 5) is 56.0. The van der Waals surface area contributed by atoms with Crippen LogP contribution < -0.4 is 10.2 Å². The number of esters is 1. The van der Waals surface area contributed by atoms with E-state index < -0.39 is 52.6 Å². The summed E-state index contributed by atoms with van der Waals surface area (Å²) in [5, 5.41) is 2.81. The number of benzene rings is 2. The van der Waals surface area contributed by atoms with Crippen molar-refractivity contribution >= 4 is 29.8 Å². The molecule has 4 rings (SSSR count). The average molecular weight is 563 g/mol. The number of carbonyl (C=O) groups excluding carboxylic acids is 4. The van der Waals surface area contributed by atoms with E-state index >= 15 is 0 Å². The number of rotatable bonds is 4. The van der Waals surface area contributed by atoms with Gasteiger partial charge in [0.05, 0.1) is 17.6 Å². The van der Waals surface area contributed by atoms with Gasteiger partial charge in [-0.2, -0.15) is 0 Å². The highest BCUT2D eigenvalue weighted by molar-refractivity contribution is 6.23. The van der Waals surface area contributed by atoms with Crippen molar-refractivity contribution in [3.63, 3.8) is 0 Å². The van der Waals surface area contributed by atoms with Gasteiger partial charge in [0.1, 0.15) is 23.2 Å². The van der Waals surface area contributed by atoms with Gasteiger partial charge in [-0.15, -0.1) is 0 Å². The Labute approximate surface area is 240 Å². The van der Waals surface area contributed by atoms with Gasteiger partial charge in [0.25, 0.3) is 5.91 Å². The number of amides is 3. The van der Waals surface area contributed by atoms with E-state index in [4.69, 9.17) is 14.2 Å². The molecule has 1 aliphatic heterocycles. The second-order valence-corrected chi connectivity index (χ2v) is 12.4. The zero-order valence-electron chi connectivity index (χ0n) is 24.6. The van der Waals surface area contributed by atoms with Gasteiger partial charge in [0.2, 0.25) is 0 Å². The molecule has 0 radical (unpaired) electrons. The van der Waals surface area contributed by atoms with Gasteiger partial charge in [-0.3, -0.25) is 9.59 Å². The van der Waals surface area contributed by atoms with Gasteiger partial charge in [-0.1, -0.05) is 60.2 Å². The van der Waals surface area contributed by atoms with E-state index in [2.05, 4.69) is 5.32 Å². The smallest absolute Gasteiger partial charge is 0.421 e. The van der Waals surface area contributed by atoms with Crippen LogP contribution in [0.4, 0.5) is 15.3 Å². The second-order valence-electron chi connectivity index (χ2n) is 12.4. The molecule has 0 unspecified atom stereocenters. The van der Waals surface area contributed by atoms with E-state index in [0.717, 1.165) is 16.0 Å². The summed E-state index contributed by atoms with van der Waals surface area (Å²) >= 11 is 0. The molecular weight excluding hydrogens is 524 g/mol. The fourth-order valence-corrected chi connectivity index (χ4v) is 5.33. The number of aryl methyl sites for hydroxylation is 1. The minimum atomic E-state index is -1.69. The topological polar surface area (TPSA) is 111 Å². The lowest BCUT2D eigenvalue weighted by Crippen LogP contribution is -2.62. The standard InChI is InChI=1S/C32H38N2O7/c1-20-16-17-24-23(18-20)32(27(36)34(24)29(38)41-31(5,6)7)22(26(35)40-30(2,3)4)14-11-15-25(32)33-28(37)39-19-21-12-9-8-10-13-21/h8-13,15-18,22,25H,14,19H2,1-7H3,(H,33,37)/t22-,25+,32+/m0/s1. The molecule has 3 amide bonds. The third-order valence-electron chi connectivity index (χ3n) is 6.89. The molecule has 0 saturated heterocycles.